The van der Waals surface area contributed by atoms with Crippen LogP contribution >= 0.6 is 0 Å². The molecule has 1 aromatic carbocycles. The van der Waals surface area contributed by atoms with E-state index >= 15 is 0 Å². The Morgan fingerprint density at radius 1 is 0.917 bits per heavy atom. The maximum absolute atomic E-state index is 2.25. The third-order valence-electron chi connectivity index (χ3n) is 1.96. The van der Waals surface area contributed by atoms with Crippen LogP contribution in [0.1, 0.15) is 5.56 Å². The van der Waals surface area contributed by atoms with Crippen LogP contribution < -0.4 is 0 Å². The summed E-state index contributed by atoms with van der Waals surface area (Å²) < 4.78 is 0. The SMILES string of the molecule is C1=CC([CH+]c2ccccc2)C=C1. The zero-order valence-corrected chi connectivity index (χ0v) is 6.85. The average molecular weight is 155 g/mol. The Kier molecular flexibility index (Phi) is 2.00. The Hall–Kier alpha value is -1.43. The third kappa shape index (κ3) is 1.59. The summed E-state index contributed by atoms with van der Waals surface area (Å²) in [5, 5.41) is 0. The summed E-state index contributed by atoms with van der Waals surface area (Å²) in [7, 11) is 0. The highest BCUT2D eigenvalue weighted by Crippen LogP contribution is 2.17. The molecule has 0 heteroatoms. The zero-order chi connectivity index (χ0) is 8.23. The molecule has 0 nitrogen and oxygen atoms in total. The van der Waals surface area contributed by atoms with E-state index in [-0.39, 0.29) is 0 Å². The van der Waals surface area contributed by atoms with Gasteiger partial charge in [0.05, 0.1) is 5.92 Å². The molecule has 12 heavy (non-hydrogen) atoms. The molecule has 0 saturated heterocycles. The zero-order valence-electron chi connectivity index (χ0n) is 6.85. The van der Waals surface area contributed by atoms with E-state index in [9.17, 15) is 0 Å². The molecule has 1 aliphatic rings. The van der Waals surface area contributed by atoms with Crippen molar-refractivity contribution in [3.63, 3.8) is 0 Å². The normalized spacial score (nSPS) is 15.3. The highest BCUT2D eigenvalue weighted by atomic mass is 14.1. The van der Waals surface area contributed by atoms with Crippen molar-refractivity contribution in [1.82, 2.24) is 0 Å². The van der Waals surface area contributed by atoms with E-state index < -0.39 is 0 Å². The summed E-state index contributed by atoms with van der Waals surface area (Å²) in [5.41, 5.74) is 1.29. The van der Waals surface area contributed by atoms with Gasteiger partial charge in [-0.15, -0.1) is 0 Å². The van der Waals surface area contributed by atoms with Gasteiger partial charge in [-0.1, -0.05) is 24.3 Å². The fourth-order valence-electron chi connectivity index (χ4n) is 1.35. The van der Waals surface area contributed by atoms with Gasteiger partial charge in [0.2, 0.25) is 0 Å². The fourth-order valence-corrected chi connectivity index (χ4v) is 1.35. The Labute approximate surface area is 73.2 Å². The molecule has 0 atom stereocenters. The van der Waals surface area contributed by atoms with Crippen molar-refractivity contribution < 1.29 is 0 Å². The maximum Gasteiger partial charge on any atom is 0.130 e. The molecule has 2 rings (SSSR count). The first-order valence-corrected chi connectivity index (χ1v) is 4.20. The molecule has 0 saturated carbocycles. The Balaban J connectivity index is 2.04. The van der Waals surface area contributed by atoms with Crippen molar-refractivity contribution in [2.45, 2.75) is 0 Å². The average Bonchev–Trinajstić information content (AvgIpc) is 2.59. The summed E-state index contributed by atoms with van der Waals surface area (Å²) in [5.74, 6) is 0.493. The molecule has 0 N–H and O–H groups in total. The molecule has 0 aromatic heterocycles. The largest absolute Gasteiger partial charge is 0.130 e. The lowest BCUT2D eigenvalue weighted by atomic mass is 10.0. The van der Waals surface area contributed by atoms with Crippen LogP contribution in [0.2, 0.25) is 0 Å². The van der Waals surface area contributed by atoms with Gasteiger partial charge < -0.3 is 0 Å². The summed E-state index contributed by atoms with van der Waals surface area (Å²) in [4.78, 5) is 0. The molecular weight excluding hydrogens is 144 g/mol. The second kappa shape index (κ2) is 3.31. The molecule has 58 valence electrons. The molecule has 0 bridgehead atoms. The van der Waals surface area contributed by atoms with E-state index in [1.54, 1.807) is 0 Å². The van der Waals surface area contributed by atoms with Crippen LogP contribution in [-0.2, 0) is 0 Å². The number of benzene rings is 1. The lowest BCUT2D eigenvalue weighted by Gasteiger charge is -1.96. The van der Waals surface area contributed by atoms with Crippen molar-refractivity contribution in [3.8, 4) is 0 Å². The van der Waals surface area contributed by atoms with E-state index in [1.165, 1.54) is 5.56 Å². The number of hydrogen-bond donors (Lipinski definition) is 0. The fraction of sp³-hybridized carbons (Fsp3) is 0.0833. The van der Waals surface area contributed by atoms with Gasteiger partial charge in [0, 0.05) is 18.6 Å². The summed E-state index contributed by atoms with van der Waals surface area (Å²) >= 11 is 0. The standard InChI is InChI=1S/C12H11/c1-2-6-11(7-3-1)10-12-8-4-5-9-12/h1-10,12H/q+1. The van der Waals surface area contributed by atoms with Crippen molar-refractivity contribution in [1.29, 1.82) is 0 Å². The summed E-state index contributed by atoms with van der Waals surface area (Å²) in [6, 6.07) is 10.4. The predicted octanol–water partition coefficient (Wildman–Crippen LogP) is 2.98. The first kappa shape index (κ1) is 7.23. The number of allylic oxidation sites excluding steroid dienone is 4. The molecule has 0 heterocycles. The van der Waals surface area contributed by atoms with Gasteiger partial charge >= 0.3 is 0 Å². The Morgan fingerprint density at radius 3 is 2.25 bits per heavy atom. The van der Waals surface area contributed by atoms with Crippen LogP contribution in [-0.4, -0.2) is 0 Å². The molecule has 0 unspecified atom stereocenters. The minimum Gasteiger partial charge on any atom is -0.0644 e. The highest BCUT2D eigenvalue weighted by molar-refractivity contribution is 5.31. The molecule has 0 radical (unpaired) electrons. The van der Waals surface area contributed by atoms with Gasteiger partial charge in [0.25, 0.3) is 0 Å². The summed E-state index contributed by atoms with van der Waals surface area (Å²) in [6.07, 6.45) is 10.8. The van der Waals surface area contributed by atoms with Crippen LogP contribution in [0, 0.1) is 12.3 Å². The smallest absolute Gasteiger partial charge is 0.0644 e. The number of rotatable bonds is 2. The minimum atomic E-state index is 0.493. The van der Waals surface area contributed by atoms with E-state index in [0.29, 0.717) is 5.92 Å². The molecule has 1 aromatic rings. The van der Waals surface area contributed by atoms with Gasteiger partial charge in [-0.3, -0.25) is 0 Å². The van der Waals surface area contributed by atoms with Gasteiger partial charge in [0.1, 0.15) is 5.56 Å². The first-order chi connectivity index (χ1) is 5.95. The van der Waals surface area contributed by atoms with Crippen LogP contribution in [0.3, 0.4) is 0 Å². The third-order valence-corrected chi connectivity index (χ3v) is 1.96. The van der Waals surface area contributed by atoms with Gasteiger partial charge in [-0.05, 0) is 18.2 Å². The van der Waals surface area contributed by atoms with E-state index in [4.69, 9.17) is 0 Å². The molecule has 0 fully saturated rings. The Bertz CT molecular complexity index is 281. The monoisotopic (exact) mass is 155 g/mol. The van der Waals surface area contributed by atoms with E-state index in [1.807, 2.05) is 6.07 Å². The second-order valence-corrected chi connectivity index (χ2v) is 2.92. The molecular formula is C12H11+. The van der Waals surface area contributed by atoms with E-state index in [2.05, 4.69) is 55.0 Å². The molecule has 0 spiro atoms. The lowest BCUT2D eigenvalue weighted by molar-refractivity contribution is 1.00. The van der Waals surface area contributed by atoms with Crippen molar-refractivity contribution >= 4 is 0 Å². The lowest BCUT2D eigenvalue weighted by Crippen LogP contribution is -1.91. The number of hydrogen-bond acceptors (Lipinski definition) is 0. The topological polar surface area (TPSA) is 0 Å². The first-order valence-electron chi connectivity index (χ1n) is 4.20. The van der Waals surface area contributed by atoms with Crippen molar-refractivity contribution in [3.05, 3.63) is 66.6 Å². The second-order valence-electron chi connectivity index (χ2n) is 2.92. The van der Waals surface area contributed by atoms with Crippen molar-refractivity contribution in [2.75, 3.05) is 0 Å². The maximum atomic E-state index is 2.25. The molecule has 1 aliphatic carbocycles. The minimum absolute atomic E-state index is 0.493. The molecule has 0 amide bonds. The van der Waals surface area contributed by atoms with Gasteiger partial charge in [-0.2, -0.15) is 0 Å². The van der Waals surface area contributed by atoms with Crippen LogP contribution in [0.25, 0.3) is 0 Å². The van der Waals surface area contributed by atoms with Gasteiger partial charge in [-0.25, -0.2) is 0 Å². The highest BCUT2D eigenvalue weighted by Gasteiger charge is 2.09. The van der Waals surface area contributed by atoms with E-state index in [0.717, 1.165) is 0 Å². The Morgan fingerprint density at radius 2 is 1.58 bits per heavy atom. The van der Waals surface area contributed by atoms with Crippen molar-refractivity contribution in [2.24, 2.45) is 5.92 Å². The van der Waals surface area contributed by atoms with Crippen LogP contribution in [0.5, 0.6) is 0 Å². The quantitative estimate of drug-likeness (QED) is 0.576. The van der Waals surface area contributed by atoms with Crippen LogP contribution in [0.15, 0.2) is 54.6 Å². The summed E-state index contributed by atoms with van der Waals surface area (Å²) in [6.45, 7) is 0. The van der Waals surface area contributed by atoms with Gasteiger partial charge in [0.15, 0.2) is 0 Å². The van der Waals surface area contributed by atoms with Crippen LogP contribution in [0.4, 0.5) is 0 Å². The predicted molar refractivity (Wildman–Crippen MR) is 51.6 cm³/mol. The molecule has 0 aliphatic heterocycles.